The molecule has 1 heterocycles. The molecular formula is C10H13F2NO2S. The van der Waals surface area contributed by atoms with E-state index in [1.165, 1.54) is 13.0 Å². The van der Waals surface area contributed by atoms with E-state index < -0.39 is 17.9 Å². The Labute approximate surface area is 96.2 Å². The minimum absolute atomic E-state index is 0.0926. The Morgan fingerprint density at radius 3 is 2.69 bits per heavy atom. The summed E-state index contributed by atoms with van der Waals surface area (Å²) < 4.78 is 31.3. The lowest BCUT2D eigenvalue weighted by molar-refractivity contribution is -0.174. The molecule has 0 aliphatic heterocycles. The van der Waals surface area contributed by atoms with Gasteiger partial charge in [0, 0.05) is 9.75 Å². The lowest BCUT2D eigenvalue weighted by Gasteiger charge is -2.20. The number of thiophene rings is 1. The summed E-state index contributed by atoms with van der Waals surface area (Å²) in [5.74, 6) is -5.26. The summed E-state index contributed by atoms with van der Waals surface area (Å²) in [6.07, 6.45) is 0. The fraction of sp³-hybridized carbons (Fsp3) is 0.500. The number of hydrogen-bond acceptors (Lipinski definition) is 4. The molecule has 6 heteroatoms. The molecule has 0 saturated carbocycles. The lowest BCUT2D eigenvalue weighted by Crippen LogP contribution is -2.41. The smallest absolute Gasteiger partial charge is 0.379 e. The molecule has 1 atom stereocenters. The third-order valence-electron chi connectivity index (χ3n) is 2.01. The maximum atomic E-state index is 13.5. The molecule has 0 fully saturated rings. The highest BCUT2D eigenvalue weighted by Crippen LogP contribution is 2.34. The zero-order valence-corrected chi connectivity index (χ0v) is 9.81. The summed E-state index contributed by atoms with van der Waals surface area (Å²) in [7, 11) is 0. The van der Waals surface area contributed by atoms with Crippen LogP contribution in [0.15, 0.2) is 12.1 Å². The third-order valence-corrected chi connectivity index (χ3v) is 3.09. The molecule has 0 unspecified atom stereocenters. The number of carbonyl (C=O) groups excluding carboxylic acids is 1. The summed E-state index contributed by atoms with van der Waals surface area (Å²) in [6.45, 7) is 3.16. The number of halogens is 2. The molecule has 1 rings (SSSR count). The van der Waals surface area contributed by atoms with Crippen LogP contribution in [-0.2, 0) is 9.53 Å². The van der Waals surface area contributed by atoms with Crippen LogP contribution >= 0.6 is 11.3 Å². The maximum absolute atomic E-state index is 13.5. The molecule has 0 saturated heterocycles. The number of hydrogen-bond donors (Lipinski definition) is 1. The van der Waals surface area contributed by atoms with Crippen molar-refractivity contribution in [3.63, 3.8) is 0 Å². The fourth-order valence-electron chi connectivity index (χ4n) is 1.15. The van der Waals surface area contributed by atoms with Crippen molar-refractivity contribution in [3.05, 3.63) is 21.9 Å². The van der Waals surface area contributed by atoms with Gasteiger partial charge in [-0.3, -0.25) is 0 Å². The highest BCUT2D eigenvalue weighted by molar-refractivity contribution is 7.12. The molecule has 0 radical (unpaired) electrons. The first-order valence-corrected chi connectivity index (χ1v) is 5.58. The molecule has 90 valence electrons. The normalized spacial score (nSPS) is 13.6. The average Bonchev–Trinajstić information content (AvgIpc) is 2.64. The molecule has 0 aliphatic carbocycles. The number of nitrogens with two attached hydrogens (primary N) is 1. The van der Waals surface area contributed by atoms with Crippen molar-refractivity contribution in [2.75, 3.05) is 6.61 Å². The summed E-state index contributed by atoms with van der Waals surface area (Å²) >= 11 is 1.15. The van der Waals surface area contributed by atoms with Gasteiger partial charge < -0.3 is 10.5 Å². The van der Waals surface area contributed by atoms with E-state index in [9.17, 15) is 13.6 Å². The number of aryl methyl sites for hydroxylation is 1. The SMILES string of the molecule is CCOC(=O)C(F)(F)[C@@H](N)c1ccc(C)s1. The van der Waals surface area contributed by atoms with Crippen molar-refractivity contribution in [1.82, 2.24) is 0 Å². The second-order valence-corrected chi connectivity index (χ2v) is 4.59. The maximum Gasteiger partial charge on any atom is 0.379 e. The first-order chi connectivity index (χ1) is 7.39. The van der Waals surface area contributed by atoms with Crippen LogP contribution in [-0.4, -0.2) is 18.5 Å². The second-order valence-electron chi connectivity index (χ2n) is 3.27. The van der Waals surface area contributed by atoms with Crippen molar-refractivity contribution < 1.29 is 18.3 Å². The summed E-state index contributed by atoms with van der Waals surface area (Å²) in [5.41, 5.74) is 5.38. The van der Waals surface area contributed by atoms with E-state index in [1.54, 1.807) is 13.0 Å². The van der Waals surface area contributed by atoms with Gasteiger partial charge >= 0.3 is 11.9 Å². The second kappa shape index (κ2) is 4.88. The van der Waals surface area contributed by atoms with Gasteiger partial charge in [0.05, 0.1) is 6.61 Å². The number of rotatable bonds is 4. The summed E-state index contributed by atoms with van der Waals surface area (Å²) in [4.78, 5) is 12.2. The molecule has 1 aromatic rings. The standard InChI is InChI=1S/C10H13F2NO2S/c1-3-15-9(14)10(11,12)8(13)7-5-4-6(2)16-7/h4-5,8H,3,13H2,1-2H3/t8-/m0/s1. The van der Waals surface area contributed by atoms with E-state index in [4.69, 9.17) is 5.73 Å². The van der Waals surface area contributed by atoms with Gasteiger partial charge in [-0.25, -0.2) is 4.79 Å². The Morgan fingerprint density at radius 1 is 1.62 bits per heavy atom. The highest BCUT2D eigenvalue weighted by Gasteiger charge is 2.48. The van der Waals surface area contributed by atoms with E-state index in [1.807, 2.05) is 0 Å². The van der Waals surface area contributed by atoms with Crippen LogP contribution in [0.5, 0.6) is 0 Å². The van der Waals surface area contributed by atoms with Gasteiger partial charge in [0.2, 0.25) is 0 Å². The van der Waals surface area contributed by atoms with Crippen LogP contribution in [0.25, 0.3) is 0 Å². The minimum atomic E-state index is -3.69. The van der Waals surface area contributed by atoms with Gasteiger partial charge in [-0.2, -0.15) is 8.78 Å². The van der Waals surface area contributed by atoms with Crippen LogP contribution in [0, 0.1) is 6.92 Å². The van der Waals surface area contributed by atoms with Crippen LogP contribution in [0.1, 0.15) is 22.7 Å². The first kappa shape index (κ1) is 13.1. The highest BCUT2D eigenvalue weighted by atomic mass is 32.1. The summed E-state index contributed by atoms with van der Waals surface area (Å²) in [6, 6.07) is 1.53. The molecule has 0 aromatic carbocycles. The van der Waals surface area contributed by atoms with Crippen LogP contribution in [0.3, 0.4) is 0 Å². The lowest BCUT2D eigenvalue weighted by atomic mass is 10.1. The van der Waals surface area contributed by atoms with E-state index in [-0.39, 0.29) is 11.5 Å². The monoisotopic (exact) mass is 249 g/mol. The number of esters is 1. The Hall–Kier alpha value is -1.01. The quantitative estimate of drug-likeness (QED) is 0.833. The number of ether oxygens (including phenoxy) is 1. The zero-order chi connectivity index (χ0) is 12.3. The third kappa shape index (κ3) is 2.56. The first-order valence-electron chi connectivity index (χ1n) is 4.76. The van der Waals surface area contributed by atoms with Crippen molar-refractivity contribution >= 4 is 17.3 Å². The molecule has 0 spiro atoms. The number of alkyl halides is 2. The Bertz CT molecular complexity index is 379. The minimum Gasteiger partial charge on any atom is -0.462 e. The largest absolute Gasteiger partial charge is 0.462 e. The van der Waals surface area contributed by atoms with Crippen molar-refractivity contribution in [2.24, 2.45) is 5.73 Å². The predicted octanol–water partition coefficient (Wildman–Crippen LogP) is 2.25. The Morgan fingerprint density at radius 2 is 2.25 bits per heavy atom. The molecular weight excluding hydrogens is 236 g/mol. The van der Waals surface area contributed by atoms with Gasteiger partial charge in [0.1, 0.15) is 6.04 Å². The van der Waals surface area contributed by atoms with Crippen molar-refractivity contribution in [1.29, 1.82) is 0 Å². The van der Waals surface area contributed by atoms with Crippen molar-refractivity contribution in [2.45, 2.75) is 25.8 Å². The molecule has 1 aromatic heterocycles. The molecule has 2 N–H and O–H groups in total. The summed E-state index contributed by atoms with van der Waals surface area (Å²) in [5, 5.41) is 0. The van der Waals surface area contributed by atoms with E-state index in [0.29, 0.717) is 0 Å². The topological polar surface area (TPSA) is 52.3 Å². The van der Waals surface area contributed by atoms with Gasteiger partial charge in [-0.1, -0.05) is 0 Å². The van der Waals surface area contributed by atoms with Crippen LogP contribution in [0.4, 0.5) is 8.78 Å². The Balaban J connectivity index is 2.87. The van der Waals surface area contributed by atoms with Gasteiger partial charge in [0.15, 0.2) is 0 Å². The molecule has 0 amide bonds. The van der Waals surface area contributed by atoms with Crippen LogP contribution < -0.4 is 5.73 Å². The fourth-order valence-corrected chi connectivity index (χ4v) is 2.07. The van der Waals surface area contributed by atoms with E-state index in [2.05, 4.69) is 4.74 Å². The number of carbonyl (C=O) groups is 1. The molecule has 3 nitrogen and oxygen atoms in total. The van der Waals surface area contributed by atoms with E-state index >= 15 is 0 Å². The molecule has 0 aliphatic rings. The van der Waals surface area contributed by atoms with Crippen LogP contribution in [0.2, 0.25) is 0 Å². The van der Waals surface area contributed by atoms with Gasteiger partial charge in [0.25, 0.3) is 0 Å². The molecule has 16 heavy (non-hydrogen) atoms. The van der Waals surface area contributed by atoms with Gasteiger partial charge in [-0.05, 0) is 26.0 Å². The predicted molar refractivity (Wildman–Crippen MR) is 57.6 cm³/mol. The van der Waals surface area contributed by atoms with Gasteiger partial charge in [-0.15, -0.1) is 11.3 Å². The van der Waals surface area contributed by atoms with Crippen molar-refractivity contribution in [3.8, 4) is 0 Å². The zero-order valence-electron chi connectivity index (χ0n) is 9.00. The van der Waals surface area contributed by atoms with E-state index in [0.717, 1.165) is 16.2 Å². The molecule has 0 bridgehead atoms. The Kier molecular flexibility index (Phi) is 3.98. The average molecular weight is 249 g/mol.